The zero-order valence-electron chi connectivity index (χ0n) is 16.8. The van der Waals surface area contributed by atoms with Crippen molar-refractivity contribution >= 4 is 23.0 Å². The summed E-state index contributed by atoms with van der Waals surface area (Å²) in [5.41, 5.74) is 6.68. The number of pyridine rings is 1. The van der Waals surface area contributed by atoms with Gasteiger partial charge in [0.2, 0.25) is 0 Å². The summed E-state index contributed by atoms with van der Waals surface area (Å²) in [4.78, 5) is 17.7. The Kier molecular flexibility index (Phi) is 5.85. The van der Waals surface area contributed by atoms with Gasteiger partial charge < -0.3 is 5.11 Å². The van der Waals surface area contributed by atoms with Gasteiger partial charge >= 0.3 is 0 Å². The van der Waals surface area contributed by atoms with E-state index in [1.54, 1.807) is 18.2 Å². The van der Waals surface area contributed by atoms with E-state index in [0.717, 1.165) is 22.0 Å². The molecule has 1 amide bonds. The zero-order chi connectivity index (χ0) is 21.6. The molecule has 0 bridgehead atoms. The first-order chi connectivity index (χ1) is 15.2. The maximum absolute atomic E-state index is 13.0. The Hall–Kier alpha value is -4.25. The summed E-state index contributed by atoms with van der Waals surface area (Å²) < 4.78 is 0. The van der Waals surface area contributed by atoms with Crippen LogP contribution in [0.1, 0.15) is 21.5 Å². The fourth-order valence-corrected chi connectivity index (χ4v) is 3.38. The Morgan fingerprint density at radius 1 is 1.03 bits per heavy atom. The Bertz CT molecular complexity index is 1280. The highest BCUT2D eigenvalue weighted by Crippen LogP contribution is 2.25. The number of amides is 1. The van der Waals surface area contributed by atoms with Gasteiger partial charge in [-0.1, -0.05) is 66.7 Å². The maximum Gasteiger partial charge on any atom is 0.272 e. The van der Waals surface area contributed by atoms with Crippen molar-refractivity contribution in [2.75, 3.05) is 0 Å². The number of phenolic OH excluding ortho intramolecular Hbond substituents is 1. The molecule has 5 nitrogen and oxygen atoms in total. The number of hydrogen-bond acceptors (Lipinski definition) is 4. The number of rotatable bonds is 6. The van der Waals surface area contributed by atoms with Gasteiger partial charge in [0.1, 0.15) is 5.75 Å². The van der Waals surface area contributed by atoms with Crippen molar-refractivity contribution < 1.29 is 9.90 Å². The number of carbonyl (C=O) groups is 1. The van der Waals surface area contributed by atoms with E-state index >= 15 is 0 Å². The van der Waals surface area contributed by atoms with E-state index in [1.807, 2.05) is 66.7 Å². The van der Waals surface area contributed by atoms with E-state index in [-0.39, 0.29) is 11.7 Å². The molecule has 1 heterocycles. The topological polar surface area (TPSA) is 74.6 Å². The van der Waals surface area contributed by atoms with Crippen molar-refractivity contribution in [3.8, 4) is 17.0 Å². The zero-order valence-corrected chi connectivity index (χ0v) is 16.8. The number of hydrazone groups is 1. The number of fused-ring (bicyclic) bond motifs is 1. The molecule has 0 aliphatic heterocycles. The molecule has 5 heteroatoms. The van der Waals surface area contributed by atoms with Crippen molar-refractivity contribution in [1.29, 1.82) is 0 Å². The summed E-state index contributed by atoms with van der Waals surface area (Å²) in [6.45, 7) is 3.69. The number of nitrogens with one attached hydrogen (secondary N) is 1. The summed E-state index contributed by atoms with van der Waals surface area (Å²) in [6.07, 6.45) is 3.70. The Labute approximate surface area is 180 Å². The Morgan fingerprint density at radius 2 is 1.81 bits per heavy atom. The standard InChI is InChI=1S/C26H21N3O2/c1-2-9-19-12-8-13-20(25(19)30)17-27-29-26(31)22-16-24(18-10-4-3-5-11-18)28-23-15-7-6-14-21(22)23/h2-8,10-17,30H,1,9H2,(H,29,31)/b27-17-. The predicted octanol–water partition coefficient (Wildman–Crippen LogP) is 5.10. The monoisotopic (exact) mass is 407 g/mol. The van der Waals surface area contributed by atoms with Crippen molar-refractivity contribution in [1.82, 2.24) is 10.4 Å². The summed E-state index contributed by atoms with van der Waals surface area (Å²) in [7, 11) is 0. The third-order valence-corrected chi connectivity index (χ3v) is 4.92. The van der Waals surface area contributed by atoms with E-state index in [4.69, 9.17) is 4.98 Å². The minimum atomic E-state index is -0.353. The number of carbonyl (C=O) groups excluding carboxylic acids is 1. The van der Waals surface area contributed by atoms with E-state index in [1.165, 1.54) is 6.21 Å². The summed E-state index contributed by atoms with van der Waals surface area (Å²) in [5, 5.41) is 15.1. The average Bonchev–Trinajstić information content (AvgIpc) is 2.81. The first kappa shape index (κ1) is 20.0. The van der Waals surface area contributed by atoms with Crippen LogP contribution in [-0.4, -0.2) is 22.2 Å². The second-order valence-corrected chi connectivity index (χ2v) is 6.99. The van der Waals surface area contributed by atoms with Gasteiger partial charge in [0.15, 0.2) is 0 Å². The van der Waals surface area contributed by atoms with Crippen LogP contribution in [0.4, 0.5) is 0 Å². The van der Waals surface area contributed by atoms with Crippen LogP contribution in [0.25, 0.3) is 22.2 Å². The van der Waals surface area contributed by atoms with Crippen molar-refractivity contribution in [3.63, 3.8) is 0 Å². The molecule has 4 aromatic rings. The van der Waals surface area contributed by atoms with Crippen LogP contribution in [0.3, 0.4) is 0 Å². The summed E-state index contributed by atoms with van der Waals surface area (Å²) in [5.74, 6) is -0.227. The van der Waals surface area contributed by atoms with Gasteiger partial charge in [-0.2, -0.15) is 5.10 Å². The molecule has 0 atom stereocenters. The molecule has 0 fully saturated rings. The molecule has 4 rings (SSSR count). The number of aromatic hydroxyl groups is 1. The van der Waals surface area contributed by atoms with E-state index in [9.17, 15) is 9.90 Å². The molecule has 0 saturated heterocycles. The lowest BCUT2D eigenvalue weighted by Crippen LogP contribution is -2.18. The number of aromatic nitrogens is 1. The second kappa shape index (κ2) is 9.05. The van der Waals surface area contributed by atoms with Crippen LogP contribution in [0, 0.1) is 0 Å². The second-order valence-electron chi connectivity index (χ2n) is 6.99. The highest BCUT2D eigenvalue weighted by molar-refractivity contribution is 6.07. The van der Waals surface area contributed by atoms with Gasteiger partial charge in [-0.15, -0.1) is 6.58 Å². The smallest absolute Gasteiger partial charge is 0.272 e. The maximum atomic E-state index is 13.0. The molecule has 152 valence electrons. The molecule has 0 saturated carbocycles. The van der Waals surface area contributed by atoms with Crippen LogP contribution >= 0.6 is 0 Å². The van der Waals surface area contributed by atoms with Gasteiger partial charge in [-0.25, -0.2) is 10.4 Å². The number of phenols is 1. The molecular formula is C26H21N3O2. The minimum absolute atomic E-state index is 0.126. The SMILES string of the molecule is C=CCc1cccc(/C=N\NC(=O)c2cc(-c3ccccc3)nc3ccccc23)c1O. The first-order valence-electron chi connectivity index (χ1n) is 9.87. The van der Waals surface area contributed by atoms with Crippen molar-refractivity contribution in [2.45, 2.75) is 6.42 Å². The van der Waals surface area contributed by atoms with E-state index < -0.39 is 0 Å². The largest absolute Gasteiger partial charge is 0.507 e. The van der Waals surface area contributed by atoms with Crippen LogP contribution in [-0.2, 0) is 6.42 Å². The lowest BCUT2D eigenvalue weighted by molar-refractivity contribution is 0.0956. The van der Waals surface area contributed by atoms with Crippen LogP contribution in [0.2, 0.25) is 0 Å². The van der Waals surface area contributed by atoms with Crippen LogP contribution < -0.4 is 5.43 Å². The molecule has 2 N–H and O–H groups in total. The average molecular weight is 407 g/mol. The number of nitrogens with zero attached hydrogens (tertiary/aromatic N) is 2. The van der Waals surface area contributed by atoms with Gasteiger partial charge in [0.05, 0.1) is 23.0 Å². The first-order valence-corrected chi connectivity index (χ1v) is 9.87. The molecule has 3 aromatic carbocycles. The third kappa shape index (κ3) is 4.36. The van der Waals surface area contributed by atoms with Gasteiger partial charge in [-0.05, 0) is 30.2 Å². The van der Waals surface area contributed by atoms with Crippen LogP contribution in [0.5, 0.6) is 5.75 Å². The molecule has 1 aromatic heterocycles. The fraction of sp³-hybridized carbons (Fsp3) is 0.0385. The van der Waals surface area contributed by atoms with Crippen molar-refractivity contribution in [3.05, 3.63) is 108 Å². The van der Waals surface area contributed by atoms with E-state index in [0.29, 0.717) is 23.2 Å². The predicted molar refractivity (Wildman–Crippen MR) is 124 cm³/mol. The molecule has 0 unspecified atom stereocenters. The van der Waals surface area contributed by atoms with Gasteiger partial charge in [0.25, 0.3) is 5.91 Å². The molecule has 0 radical (unpaired) electrons. The van der Waals surface area contributed by atoms with Crippen LogP contribution in [0.15, 0.2) is 96.6 Å². The lowest BCUT2D eigenvalue weighted by Gasteiger charge is -2.09. The fourth-order valence-electron chi connectivity index (χ4n) is 3.38. The molecule has 31 heavy (non-hydrogen) atoms. The molecule has 0 aliphatic carbocycles. The quantitative estimate of drug-likeness (QED) is 0.265. The number of allylic oxidation sites excluding steroid dienone is 1. The van der Waals surface area contributed by atoms with Crippen molar-refractivity contribution in [2.24, 2.45) is 5.10 Å². The van der Waals surface area contributed by atoms with E-state index in [2.05, 4.69) is 17.1 Å². The highest BCUT2D eigenvalue weighted by Gasteiger charge is 2.13. The normalized spacial score (nSPS) is 11.0. The lowest BCUT2D eigenvalue weighted by atomic mass is 10.0. The van der Waals surface area contributed by atoms with Gasteiger partial charge in [-0.3, -0.25) is 4.79 Å². The molecule has 0 aliphatic rings. The number of para-hydroxylation sites is 2. The third-order valence-electron chi connectivity index (χ3n) is 4.92. The molecule has 0 spiro atoms. The Morgan fingerprint density at radius 3 is 2.61 bits per heavy atom. The minimum Gasteiger partial charge on any atom is -0.507 e. The summed E-state index contributed by atoms with van der Waals surface area (Å²) in [6, 6.07) is 24.4. The van der Waals surface area contributed by atoms with Gasteiger partial charge in [0, 0.05) is 16.5 Å². The summed E-state index contributed by atoms with van der Waals surface area (Å²) >= 11 is 0. The highest BCUT2D eigenvalue weighted by atomic mass is 16.3. The Balaban J connectivity index is 1.64. The number of benzene rings is 3. The molecular weight excluding hydrogens is 386 g/mol. The number of hydrogen-bond donors (Lipinski definition) is 2.